The molecule has 1 aromatic rings. The van der Waals surface area contributed by atoms with Gasteiger partial charge in [0, 0.05) is 11.0 Å². The molecule has 6 atom stereocenters. The van der Waals surface area contributed by atoms with Gasteiger partial charge in [-0.3, -0.25) is 14.4 Å². The molecule has 0 amide bonds. The van der Waals surface area contributed by atoms with E-state index in [0.717, 1.165) is 31.3 Å². The molecule has 3 N–H and O–H groups in total. The van der Waals surface area contributed by atoms with Crippen molar-refractivity contribution in [3.05, 3.63) is 34.4 Å². The van der Waals surface area contributed by atoms with E-state index in [4.69, 9.17) is 0 Å². The number of allylic oxidation sites excluding steroid dienone is 2. The van der Waals surface area contributed by atoms with Crippen LogP contribution in [0, 0.1) is 27.6 Å². The van der Waals surface area contributed by atoms with Gasteiger partial charge in [-0.15, -0.1) is 0 Å². The van der Waals surface area contributed by atoms with Gasteiger partial charge in [-0.05, 0) is 97.3 Å². The third-order valence-electron chi connectivity index (χ3n) is 11.4. The van der Waals surface area contributed by atoms with E-state index >= 15 is 0 Å². The van der Waals surface area contributed by atoms with Crippen molar-refractivity contribution in [2.75, 3.05) is 0 Å². The molecule has 6 nitrogen and oxygen atoms in total. The van der Waals surface area contributed by atoms with Gasteiger partial charge in [0.05, 0.1) is 11.0 Å². The predicted molar refractivity (Wildman–Crippen MR) is 131 cm³/mol. The molecule has 0 bridgehead atoms. The van der Waals surface area contributed by atoms with E-state index in [1.165, 1.54) is 6.07 Å². The van der Waals surface area contributed by atoms with Gasteiger partial charge in [0.2, 0.25) is 0 Å². The Balaban J connectivity index is 1.68. The Morgan fingerprint density at radius 2 is 1.66 bits per heavy atom. The van der Waals surface area contributed by atoms with Crippen LogP contribution in [0.3, 0.4) is 0 Å². The highest BCUT2D eigenvalue weighted by Gasteiger charge is 2.67. The molecule has 1 aromatic carbocycles. The van der Waals surface area contributed by atoms with E-state index in [-0.39, 0.29) is 44.8 Å². The van der Waals surface area contributed by atoms with Crippen molar-refractivity contribution in [3.63, 3.8) is 0 Å². The van der Waals surface area contributed by atoms with Gasteiger partial charge in [-0.1, -0.05) is 27.7 Å². The molecule has 0 heterocycles. The molecule has 188 valence electrons. The summed E-state index contributed by atoms with van der Waals surface area (Å²) in [4.78, 5) is 37.5. The van der Waals surface area contributed by atoms with Crippen molar-refractivity contribution in [1.29, 1.82) is 0 Å². The smallest absolute Gasteiger partial charge is 0.309 e. The van der Waals surface area contributed by atoms with Crippen LogP contribution in [0.15, 0.2) is 17.7 Å². The van der Waals surface area contributed by atoms with Crippen LogP contribution in [0.25, 0.3) is 0 Å². The highest BCUT2D eigenvalue weighted by molar-refractivity contribution is 6.13. The second-order valence-corrected chi connectivity index (χ2v) is 13.0. The molecule has 0 radical (unpaired) electrons. The van der Waals surface area contributed by atoms with Crippen molar-refractivity contribution < 1.29 is 29.7 Å². The summed E-state index contributed by atoms with van der Waals surface area (Å²) in [6.45, 7) is 10.8. The summed E-state index contributed by atoms with van der Waals surface area (Å²) in [6, 6.07) is 1.46. The van der Waals surface area contributed by atoms with Crippen LogP contribution in [0.1, 0.15) is 106 Å². The molecule has 4 aliphatic carbocycles. The molecule has 5 rings (SSSR count). The number of carboxylic acid groups (broad SMARTS) is 1. The van der Waals surface area contributed by atoms with Crippen LogP contribution < -0.4 is 0 Å². The maximum atomic E-state index is 13.5. The summed E-state index contributed by atoms with van der Waals surface area (Å²) in [5.41, 5.74) is -0.155. The van der Waals surface area contributed by atoms with Crippen LogP contribution in [-0.4, -0.2) is 33.4 Å². The largest absolute Gasteiger partial charge is 0.504 e. The minimum Gasteiger partial charge on any atom is -0.504 e. The topological polar surface area (TPSA) is 112 Å². The second-order valence-electron chi connectivity index (χ2n) is 13.0. The summed E-state index contributed by atoms with van der Waals surface area (Å²) >= 11 is 0. The molecule has 0 aromatic heterocycles. The molecular formula is C29H36O6. The van der Waals surface area contributed by atoms with E-state index in [9.17, 15) is 29.7 Å². The van der Waals surface area contributed by atoms with Crippen LogP contribution in [-0.2, 0) is 10.2 Å². The Morgan fingerprint density at radius 1 is 1.00 bits per heavy atom. The third-order valence-corrected chi connectivity index (χ3v) is 11.4. The number of benzene rings is 1. The number of aldehydes is 1. The molecule has 35 heavy (non-hydrogen) atoms. The number of aliphatic carboxylic acids is 1. The Kier molecular flexibility index (Phi) is 4.80. The fourth-order valence-corrected chi connectivity index (χ4v) is 8.67. The van der Waals surface area contributed by atoms with Gasteiger partial charge in [0.1, 0.15) is 0 Å². The van der Waals surface area contributed by atoms with E-state index in [1.807, 2.05) is 6.92 Å². The number of fused-ring (bicyclic) bond motifs is 7. The van der Waals surface area contributed by atoms with Crippen molar-refractivity contribution in [1.82, 2.24) is 0 Å². The van der Waals surface area contributed by atoms with E-state index in [1.54, 1.807) is 6.08 Å². The molecule has 3 fully saturated rings. The maximum Gasteiger partial charge on any atom is 0.309 e. The Bertz CT molecular complexity index is 1210. The van der Waals surface area contributed by atoms with Gasteiger partial charge >= 0.3 is 5.97 Å². The quantitative estimate of drug-likeness (QED) is 0.365. The number of aromatic hydroxyl groups is 2. The zero-order valence-corrected chi connectivity index (χ0v) is 21.3. The normalized spacial score (nSPS) is 42.1. The molecule has 6 heteroatoms. The standard InChI is InChI=1S/C29H36O6/c1-25-6-7-26(2,24(34)35)14-21(25)29(5)11-9-27(3)17-12-19(32)23(33)16(15-30)22(17)18(31)13-20(27)28(29,4)10-8-25/h12-13,15,21,32-33H,6-11,14H2,1-5H3,(H,34,35). The second kappa shape index (κ2) is 6.98. The summed E-state index contributed by atoms with van der Waals surface area (Å²) in [7, 11) is 0. The van der Waals surface area contributed by atoms with Crippen LogP contribution >= 0.6 is 0 Å². The molecule has 3 saturated carbocycles. The number of ketones is 1. The lowest BCUT2D eigenvalue weighted by atomic mass is 9.34. The van der Waals surface area contributed by atoms with Crippen LogP contribution in [0.5, 0.6) is 11.5 Å². The number of carbonyl (C=O) groups excluding carboxylic acids is 2. The molecule has 0 aliphatic heterocycles. The molecule has 6 unspecified atom stereocenters. The first-order valence-corrected chi connectivity index (χ1v) is 12.7. The highest BCUT2D eigenvalue weighted by atomic mass is 16.4. The van der Waals surface area contributed by atoms with Gasteiger partial charge in [-0.25, -0.2) is 0 Å². The lowest BCUT2D eigenvalue weighted by molar-refractivity contribution is -0.177. The monoisotopic (exact) mass is 480 g/mol. The van der Waals surface area contributed by atoms with Gasteiger partial charge in [-0.2, -0.15) is 0 Å². The summed E-state index contributed by atoms with van der Waals surface area (Å²) < 4.78 is 0. The minimum atomic E-state index is -0.752. The minimum absolute atomic E-state index is 0.0584. The van der Waals surface area contributed by atoms with Gasteiger partial charge in [0.25, 0.3) is 0 Å². The lowest BCUT2D eigenvalue weighted by Crippen LogP contribution is -2.62. The zero-order chi connectivity index (χ0) is 25.8. The average Bonchev–Trinajstić information content (AvgIpc) is 2.80. The fourth-order valence-electron chi connectivity index (χ4n) is 8.67. The van der Waals surface area contributed by atoms with Gasteiger partial charge < -0.3 is 15.3 Å². The van der Waals surface area contributed by atoms with E-state index in [0.29, 0.717) is 31.1 Å². The molecular weight excluding hydrogens is 444 g/mol. The van der Waals surface area contributed by atoms with E-state index < -0.39 is 22.5 Å². The number of hydrogen-bond donors (Lipinski definition) is 3. The van der Waals surface area contributed by atoms with Crippen molar-refractivity contribution in [2.45, 2.75) is 85.0 Å². The number of phenols is 2. The summed E-state index contributed by atoms with van der Waals surface area (Å²) in [5, 5.41) is 30.8. The van der Waals surface area contributed by atoms with Crippen LogP contribution in [0.4, 0.5) is 0 Å². The number of phenolic OH excluding ortho intramolecular Hbond substituents is 2. The number of rotatable bonds is 2. The van der Waals surface area contributed by atoms with Gasteiger partial charge in [0.15, 0.2) is 23.6 Å². The first kappa shape index (κ1) is 24.1. The Labute approximate surface area is 206 Å². The zero-order valence-electron chi connectivity index (χ0n) is 21.3. The molecule has 0 spiro atoms. The molecule has 0 saturated heterocycles. The SMILES string of the molecule is CC1(C(=O)O)CCC2(C)CCC3(C)C4=CC(=O)c5c(cc(O)c(O)c5C=O)C4(C)CCC3(C)C2C1. The van der Waals surface area contributed by atoms with Crippen molar-refractivity contribution in [3.8, 4) is 11.5 Å². The average molecular weight is 481 g/mol. The maximum absolute atomic E-state index is 13.5. The number of carboxylic acids is 1. The lowest BCUT2D eigenvalue weighted by Gasteiger charge is -2.69. The Hall–Kier alpha value is -2.63. The summed E-state index contributed by atoms with van der Waals surface area (Å²) in [6.07, 6.45) is 7.76. The first-order chi connectivity index (χ1) is 16.2. The number of hydrogen-bond acceptors (Lipinski definition) is 5. The highest BCUT2D eigenvalue weighted by Crippen LogP contribution is 2.74. The first-order valence-electron chi connectivity index (χ1n) is 12.7. The number of carbonyl (C=O) groups is 3. The summed E-state index contributed by atoms with van der Waals surface area (Å²) in [5.74, 6) is -1.79. The van der Waals surface area contributed by atoms with E-state index in [2.05, 4.69) is 27.7 Å². The molecule has 4 aliphatic rings. The van der Waals surface area contributed by atoms with Crippen molar-refractivity contribution in [2.24, 2.45) is 27.6 Å². The Morgan fingerprint density at radius 3 is 2.29 bits per heavy atom. The third kappa shape index (κ3) is 2.80. The van der Waals surface area contributed by atoms with Crippen molar-refractivity contribution >= 4 is 18.0 Å². The fraction of sp³-hybridized carbons (Fsp3) is 0.621. The predicted octanol–water partition coefficient (Wildman–Crippen LogP) is 5.79. The van der Waals surface area contributed by atoms with Crippen LogP contribution in [0.2, 0.25) is 0 Å².